The van der Waals surface area contributed by atoms with Crippen LogP contribution in [-0.2, 0) is 0 Å². The van der Waals surface area contributed by atoms with Crippen molar-refractivity contribution in [3.63, 3.8) is 0 Å². The van der Waals surface area contributed by atoms with Gasteiger partial charge in [-0.05, 0) is 32.7 Å². The molecule has 2 heterocycles. The lowest BCUT2D eigenvalue weighted by atomic mass is 9.82. The Morgan fingerprint density at radius 2 is 2.00 bits per heavy atom. The predicted molar refractivity (Wildman–Crippen MR) is 55.8 cm³/mol. The van der Waals surface area contributed by atoms with Gasteiger partial charge in [-0.1, -0.05) is 6.42 Å². The van der Waals surface area contributed by atoms with Gasteiger partial charge in [0.25, 0.3) is 0 Å². The van der Waals surface area contributed by atoms with Gasteiger partial charge in [-0.3, -0.25) is 0 Å². The molecule has 2 aliphatic heterocycles. The maximum Gasteiger partial charge on any atom is 0.0843 e. The van der Waals surface area contributed by atoms with E-state index in [0.717, 1.165) is 12.1 Å². The number of hydrogen-bond acceptors (Lipinski definition) is 3. The quantitative estimate of drug-likeness (QED) is 0.668. The molecule has 0 saturated carbocycles. The van der Waals surface area contributed by atoms with Crippen molar-refractivity contribution < 1.29 is 0 Å². The van der Waals surface area contributed by atoms with Gasteiger partial charge in [0.05, 0.1) is 12.6 Å². The van der Waals surface area contributed by atoms with Crippen LogP contribution in [0.3, 0.4) is 0 Å². The van der Waals surface area contributed by atoms with E-state index in [2.05, 4.69) is 23.3 Å². The van der Waals surface area contributed by atoms with Crippen molar-refractivity contribution in [2.75, 3.05) is 13.6 Å². The van der Waals surface area contributed by atoms with Crippen LogP contribution in [0.15, 0.2) is 0 Å². The molecule has 2 rings (SSSR count). The summed E-state index contributed by atoms with van der Waals surface area (Å²) in [4.78, 5) is 2.55. The zero-order chi connectivity index (χ0) is 9.97. The molecule has 2 unspecified atom stereocenters. The van der Waals surface area contributed by atoms with Crippen LogP contribution in [0.25, 0.3) is 0 Å². The number of nitriles is 1. The highest BCUT2D eigenvalue weighted by Gasteiger charge is 2.35. The molecule has 0 aromatic heterocycles. The molecular weight excluding hydrogens is 174 g/mol. The maximum atomic E-state index is 8.53. The number of hydrogen-bond donors (Lipinski definition) is 1. The molecule has 0 radical (unpaired) electrons. The minimum absolute atomic E-state index is 0.508. The number of rotatable bonds is 2. The first-order chi connectivity index (χ1) is 6.81. The highest BCUT2D eigenvalue weighted by Crippen LogP contribution is 2.32. The SMILES string of the molecule is CN1C2CCCC1CC(NCC#N)C2. The van der Waals surface area contributed by atoms with E-state index in [9.17, 15) is 0 Å². The molecule has 0 aromatic rings. The number of piperidine rings is 2. The van der Waals surface area contributed by atoms with Crippen LogP contribution in [0.4, 0.5) is 0 Å². The highest BCUT2D eigenvalue weighted by molar-refractivity contribution is 4.94. The van der Waals surface area contributed by atoms with E-state index in [-0.39, 0.29) is 0 Å². The molecule has 0 aromatic carbocycles. The summed E-state index contributed by atoms with van der Waals surface area (Å²) < 4.78 is 0. The molecule has 78 valence electrons. The van der Waals surface area contributed by atoms with Crippen LogP contribution in [0.2, 0.25) is 0 Å². The number of nitrogens with one attached hydrogen (secondary N) is 1. The van der Waals surface area contributed by atoms with Crippen LogP contribution in [0, 0.1) is 11.3 Å². The highest BCUT2D eigenvalue weighted by atomic mass is 15.2. The third-order valence-corrected chi connectivity index (χ3v) is 3.81. The van der Waals surface area contributed by atoms with Gasteiger partial charge >= 0.3 is 0 Å². The summed E-state index contributed by atoms with van der Waals surface area (Å²) in [6.45, 7) is 0.508. The minimum atomic E-state index is 0.508. The average molecular weight is 193 g/mol. The number of fused-ring (bicyclic) bond motifs is 2. The summed E-state index contributed by atoms with van der Waals surface area (Å²) in [5, 5.41) is 11.9. The largest absolute Gasteiger partial charge is 0.302 e. The summed E-state index contributed by atoms with van der Waals surface area (Å²) in [6.07, 6.45) is 6.55. The van der Waals surface area contributed by atoms with Gasteiger partial charge in [0.15, 0.2) is 0 Å². The fourth-order valence-corrected chi connectivity index (χ4v) is 2.97. The Labute approximate surface area is 86.1 Å². The second-order valence-corrected chi connectivity index (χ2v) is 4.61. The first-order valence-electron chi connectivity index (χ1n) is 5.63. The fraction of sp³-hybridized carbons (Fsp3) is 0.909. The zero-order valence-corrected chi connectivity index (χ0v) is 8.87. The van der Waals surface area contributed by atoms with E-state index >= 15 is 0 Å². The van der Waals surface area contributed by atoms with Crippen molar-refractivity contribution >= 4 is 0 Å². The summed E-state index contributed by atoms with van der Waals surface area (Å²) in [6, 6.07) is 4.28. The topological polar surface area (TPSA) is 39.1 Å². The maximum absolute atomic E-state index is 8.53. The van der Waals surface area contributed by atoms with Crippen molar-refractivity contribution in [3.05, 3.63) is 0 Å². The third-order valence-electron chi connectivity index (χ3n) is 3.81. The summed E-state index contributed by atoms with van der Waals surface area (Å²) in [7, 11) is 2.26. The normalized spacial score (nSPS) is 37.9. The molecule has 2 bridgehead atoms. The van der Waals surface area contributed by atoms with Gasteiger partial charge in [0, 0.05) is 18.1 Å². The number of nitrogens with zero attached hydrogens (tertiary/aromatic N) is 2. The Morgan fingerprint density at radius 3 is 2.57 bits per heavy atom. The molecule has 1 N–H and O–H groups in total. The van der Waals surface area contributed by atoms with Crippen molar-refractivity contribution in [2.24, 2.45) is 0 Å². The van der Waals surface area contributed by atoms with Crippen molar-refractivity contribution in [2.45, 2.75) is 50.2 Å². The van der Waals surface area contributed by atoms with Crippen LogP contribution < -0.4 is 5.32 Å². The molecular formula is C11H19N3. The fourth-order valence-electron chi connectivity index (χ4n) is 2.97. The van der Waals surface area contributed by atoms with Gasteiger partial charge in [-0.25, -0.2) is 0 Å². The first kappa shape index (κ1) is 9.95. The lowest BCUT2D eigenvalue weighted by molar-refractivity contribution is 0.0496. The summed E-state index contributed by atoms with van der Waals surface area (Å²) in [5.41, 5.74) is 0. The molecule has 14 heavy (non-hydrogen) atoms. The summed E-state index contributed by atoms with van der Waals surface area (Å²) >= 11 is 0. The second-order valence-electron chi connectivity index (χ2n) is 4.61. The van der Waals surface area contributed by atoms with Gasteiger partial charge in [0.2, 0.25) is 0 Å². The van der Waals surface area contributed by atoms with E-state index < -0.39 is 0 Å². The van der Waals surface area contributed by atoms with E-state index in [1.807, 2.05) is 0 Å². The monoisotopic (exact) mass is 193 g/mol. The van der Waals surface area contributed by atoms with E-state index in [4.69, 9.17) is 5.26 Å². The molecule has 3 heteroatoms. The molecule has 2 aliphatic rings. The van der Waals surface area contributed by atoms with Crippen molar-refractivity contribution in [1.82, 2.24) is 10.2 Å². The van der Waals surface area contributed by atoms with Crippen LogP contribution >= 0.6 is 0 Å². The predicted octanol–water partition coefficient (Wildman–Crippen LogP) is 1.11. The Hall–Kier alpha value is -0.590. The third kappa shape index (κ3) is 1.92. The first-order valence-corrected chi connectivity index (χ1v) is 5.63. The van der Waals surface area contributed by atoms with Gasteiger partial charge in [0.1, 0.15) is 0 Å². The summed E-state index contributed by atoms with van der Waals surface area (Å²) in [5.74, 6) is 0. The lowest BCUT2D eigenvalue weighted by Gasteiger charge is -2.47. The minimum Gasteiger partial charge on any atom is -0.302 e. The Morgan fingerprint density at radius 1 is 1.36 bits per heavy atom. The Bertz CT molecular complexity index is 219. The molecule has 2 fully saturated rings. The van der Waals surface area contributed by atoms with Crippen molar-refractivity contribution in [1.29, 1.82) is 5.26 Å². The smallest absolute Gasteiger partial charge is 0.0843 e. The Balaban J connectivity index is 1.91. The van der Waals surface area contributed by atoms with E-state index in [1.54, 1.807) is 0 Å². The van der Waals surface area contributed by atoms with Crippen LogP contribution in [0.1, 0.15) is 32.1 Å². The van der Waals surface area contributed by atoms with Crippen LogP contribution in [-0.4, -0.2) is 36.6 Å². The van der Waals surface area contributed by atoms with Crippen molar-refractivity contribution in [3.8, 4) is 6.07 Å². The molecule has 0 amide bonds. The van der Waals surface area contributed by atoms with Gasteiger partial charge in [-0.2, -0.15) is 5.26 Å². The Kier molecular flexibility index (Phi) is 3.05. The second kappa shape index (κ2) is 4.29. The zero-order valence-electron chi connectivity index (χ0n) is 8.87. The standard InChI is InChI=1S/C11H19N3/c1-14-10-3-2-4-11(14)8-9(7-10)13-6-5-12/h9-11,13H,2-4,6-8H2,1H3. The van der Waals surface area contributed by atoms with Gasteiger partial charge in [-0.15, -0.1) is 0 Å². The van der Waals surface area contributed by atoms with Gasteiger partial charge < -0.3 is 10.2 Å². The molecule has 3 nitrogen and oxygen atoms in total. The molecule has 2 atom stereocenters. The lowest BCUT2D eigenvalue weighted by Crippen LogP contribution is -2.54. The van der Waals surface area contributed by atoms with E-state index in [1.165, 1.54) is 32.1 Å². The average Bonchev–Trinajstić information content (AvgIpc) is 2.15. The molecule has 0 aliphatic carbocycles. The van der Waals surface area contributed by atoms with Crippen LogP contribution in [0.5, 0.6) is 0 Å². The molecule has 0 spiro atoms. The van der Waals surface area contributed by atoms with E-state index in [0.29, 0.717) is 12.6 Å². The molecule has 2 saturated heterocycles.